The molecule has 0 radical (unpaired) electrons. The number of aliphatic imine (C=N–C) groups is 1. The lowest BCUT2D eigenvalue weighted by molar-refractivity contribution is 0.398. The average Bonchev–Trinajstić information content (AvgIpc) is 3.36. The summed E-state index contributed by atoms with van der Waals surface area (Å²) in [7, 11) is 5.36. The van der Waals surface area contributed by atoms with Crippen molar-refractivity contribution in [2.24, 2.45) is 10.7 Å². The molecule has 3 rings (SSSR count). The number of hydrogen-bond acceptors (Lipinski definition) is 3. The number of rotatable bonds is 7. The molecule has 3 N–H and O–H groups in total. The van der Waals surface area contributed by atoms with Gasteiger partial charge in [-0.2, -0.15) is 0 Å². The van der Waals surface area contributed by atoms with Gasteiger partial charge in [0.1, 0.15) is 11.5 Å². The molecule has 1 saturated carbocycles. The van der Waals surface area contributed by atoms with E-state index in [4.69, 9.17) is 15.2 Å². The largest absolute Gasteiger partial charge is 0.497 e. The molecule has 0 spiro atoms. The molecule has 1 aromatic heterocycles. The number of benzene rings is 1. The SMILES string of the molecule is COc1cc(OC)c2cc(CCCN=C(N)N(C)C3CC3)[nH]c2c1. The summed E-state index contributed by atoms with van der Waals surface area (Å²) in [5.74, 6) is 2.26. The van der Waals surface area contributed by atoms with Crippen molar-refractivity contribution >= 4 is 16.9 Å². The lowest BCUT2D eigenvalue weighted by Gasteiger charge is -2.16. The number of methoxy groups -OCH3 is 2. The maximum Gasteiger partial charge on any atom is 0.191 e. The van der Waals surface area contributed by atoms with E-state index in [1.807, 2.05) is 19.2 Å². The van der Waals surface area contributed by atoms with Gasteiger partial charge in [0.15, 0.2) is 5.96 Å². The van der Waals surface area contributed by atoms with Crippen molar-refractivity contribution in [1.82, 2.24) is 9.88 Å². The lowest BCUT2D eigenvalue weighted by atomic mass is 10.2. The van der Waals surface area contributed by atoms with Crippen LogP contribution in [0.1, 0.15) is 25.0 Å². The molecule has 0 saturated heterocycles. The van der Waals surface area contributed by atoms with Crippen LogP contribution < -0.4 is 15.2 Å². The van der Waals surface area contributed by atoms with E-state index in [0.717, 1.165) is 41.8 Å². The maximum absolute atomic E-state index is 6.01. The third-order valence-corrected chi connectivity index (χ3v) is 4.52. The van der Waals surface area contributed by atoms with E-state index in [2.05, 4.69) is 20.9 Å². The van der Waals surface area contributed by atoms with Crippen LogP contribution in [0.15, 0.2) is 23.2 Å². The fourth-order valence-corrected chi connectivity index (χ4v) is 2.88. The predicted octanol–water partition coefficient (Wildman–Crippen LogP) is 2.53. The molecule has 0 unspecified atom stereocenters. The van der Waals surface area contributed by atoms with Crippen LogP contribution in [0.3, 0.4) is 0 Å². The molecule has 1 aromatic carbocycles. The molecule has 6 heteroatoms. The zero-order chi connectivity index (χ0) is 17.1. The second kappa shape index (κ2) is 7.03. The fraction of sp³-hybridized carbons (Fsp3) is 0.500. The van der Waals surface area contributed by atoms with Gasteiger partial charge < -0.3 is 25.1 Å². The number of nitrogens with two attached hydrogens (primary N) is 1. The van der Waals surface area contributed by atoms with Crippen LogP contribution in [0.2, 0.25) is 0 Å². The highest BCUT2D eigenvalue weighted by Gasteiger charge is 2.27. The van der Waals surface area contributed by atoms with Crippen LogP contribution in [0, 0.1) is 0 Å². The van der Waals surface area contributed by atoms with E-state index < -0.39 is 0 Å². The molecule has 24 heavy (non-hydrogen) atoms. The predicted molar refractivity (Wildman–Crippen MR) is 97.0 cm³/mol. The Morgan fingerprint density at radius 2 is 2.08 bits per heavy atom. The third kappa shape index (κ3) is 3.58. The van der Waals surface area contributed by atoms with Crippen molar-refractivity contribution in [2.75, 3.05) is 27.8 Å². The van der Waals surface area contributed by atoms with E-state index in [9.17, 15) is 0 Å². The average molecular weight is 330 g/mol. The Morgan fingerprint density at radius 1 is 1.29 bits per heavy atom. The first kappa shape index (κ1) is 16.5. The number of aromatic nitrogens is 1. The van der Waals surface area contributed by atoms with Crippen LogP contribution in [-0.2, 0) is 6.42 Å². The van der Waals surface area contributed by atoms with Gasteiger partial charge in [-0.3, -0.25) is 4.99 Å². The van der Waals surface area contributed by atoms with Crippen molar-refractivity contribution in [3.05, 3.63) is 23.9 Å². The maximum atomic E-state index is 6.01. The van der Waals surface area contributed by atoms with E-state index in [0.29, 0.717) is 12.0 Å². The summed E-state index contributed by atoms with van der Waals surface area (Å²) in [6, 6.07) is 6.63. The smallest absolute Gasteiger partial charge is 0.191 e. The van der Waals surface area contributed by atoms with Crippen LogP contribution in [-0.4, -0.2) is 49.7 Å². The van der Waals surface area contributed by atoms with Gasteiger partial charge in [0.2, 0.25) is 0 Å². The Hall–Kier alpha value is -2.37. The molecule has 0 bridgehead atoms. The molecule has 2 aromatic rings. The Bertz CT molecular complexity index is 734. The van der Waals surface area contributed by atoms with Crippen molar-refractivity contribution in [3.63, 3.8) is 0 Å². The fourth-order valence-electron chi connectivity index (χ4n) is 2.88. The van der Waals surface area contributed by atoms with Crippen LogP contribution in [0.4, 0.5) is 0 Å². The van der Waals surface area contributed by atoms with E-state index >= 15 is 0 Å². The minimum atomic E-state index is 0.602. The Kier molecular flexibility index (Phi) is 4.83. The first-order valence-electron chi connectivity index (χ1n) is 8.38. The molecule has 1 aliphatic rings. The number of nitrogens with zero attached hydrogens (tertiary/aromatic N) is 2. The van der Waals surface area contributed by atoms with Gasteiger partial charge >= 0.3 is 0 Å². The number of H-pyrrole nitrogens is 1. The summed E-state index contributed by atoms with van der Waals surface area (Å²) in [5.41, 5.74) is 8.20. The summed E-state index contributed by atoms with van der Waals surface area (Å²) >= 11 is 0. The van der Waals surface area contributed by atoms with E-state index in [1.165, 1.54) is 18.5 Å². The Morgan fingerprint density at radius 3 is 2.75 bits per heavy atom. The molecule has 1 aliphatic carbocycles. The lowest BCUT2D eigenvalue weighted by Crippen LogP contribution is -2.35. The van der Waals surface area contributed by atoms with E-state index in [-0.39, 0.29) is 0 Å². The zero-order valence-corrected chi connectivity index (χ0v) is 14.6. The van der Waals surface area contributed by atoms with Crippen molar-refractivity contribution < 1.29 is 9.47 Å². The highest BCUT2D eigenvalue weighted by molar-refractivity contribution is 5.88. The molecular formula is C18H26N4O2. The summed E-state index contributed by atoms with van der Waals surface area (Å²) < 4.78 is 10.8. The molecule has 0 aliphatic heterocycles. The number of nitrogens with one attached hydrogen (secondary N) is 1. The first-order chi connectivity index (χ1) is 11.6. The first-order valence-corrected chi connectivity index (χ1v) is 8.38. The van der Waals surface area contributed by atoms with Crippen molar-refractivity contribution in [2.45, 2.75) is 31.7 Å². The normalized spacial score (nSPS) is 14.9. The van der Waals surface area contributed by atoms with Crippen LogP contribution in [0.5, 0.6) is 11.5 Å². The van der Waals surface area contributed by atoms with Crippen LogP contribution in [0.25, 0.3) is 10.9 Å². The number of aromatic amines is 1. The van der Waals surface area contributed by atoms with Crippen molar-refractivity contribution in [1.29, 1.82) is 0 Å². The van der Waals surface area contributed by atoms with Crippen molar-refractivity contribution in [3.8, 4) is 11.5 Å². The third-order valence-electron chi connectivity index (χ3n) is 4.52. The monoisotopic (exact) mass is 330 g/mol. The summed E-state index contributed by atoms with van der Waals surface area (Å²) in [6.07, 6.45) is 4.33. The zero-order valence-electron chi connectivity index (χ0n) is 14.6. The minimum absolute atomic E-state index is 0.602. The number of hydrogen-bond donors (Lipinski definition) is 2. The number of fused-ring (bicyclic) bond motifs is 1. The van der Waals surface area contributed by atoms with Gasteiger partial charge in [-0.05, 0) is 31.7 Å². The second-order valence-electron chi connectivity index (χ2n) is 6.27. The summed E-state index contributed by atoms with van der Waals surface area (Å²) in [4.78, 5) is 9.99. The highest BCUT2D eigenvalue weighted by Crippen LogP contribution is 2.31. The van der Waals surface area contributed by atoms with Gasteiger partial charge in [-0.1, -0.05) is 0 Å². The minimum Gasteiger partial charge on any atom is -0.497 e. The van der Waals surface area contributed by atoms with Crippen LogP contribution >= 0.6 is 0 Å². The number of aryl methyl sites for hydroxylation is 1. The van der Waals surface area contributed by atoms with Gasteiger partial charge in [-0.25, -0.2) is 0 Å². The quantitative estimate of drug-likeness (QED) is 0.465. The summed E-state index contributed by atoms with van der Waals surface area (Å²) in [6.45, 7) is 0.735. The van der Waals surface area contributed by atoms with Gasteiger partial charge in [-0.15, -0.1) is 0 Å². The van der Waals surface area contributed by atoms with Gasteiger partial charge in [0, 0.05) is 42.8 Å². The summed E-state index contributed by atoms with van der Waals surface area (Å²) in [5, 5.41) is 1.07. The molecule has 0 atom stereocenters. The van der Waals surface area contributed by atoms with Gasteiger partial charge in [0.05, 0.1) is 19.7 Å². The second-order valence-corrected chi connectivity index (χ2v) is 6.27. The van der Waals surface area contributed by atoms with Gasteiger partial charge in [0.25, 0.3) is 0 Å². The molecule has 1 heterocycles. The molecular weight excluding hydrogens is 304 g/mol. The molecule has 130 valence electrons. The Labute approximate surface area is 142 Å². The topological polar surface area (TPSA) is 75.9 Å². The van der Waals surface area contributed by atoms with E-state index in [1.54, 1.807) is 14.2 Å². The Balaban J connectivity index is 1.62. The number of guanidine groups is 1. The standard InChI is InChI=1S/C18H26N4O2/c1-22(13-6-7-13)18(19)20-8-4-5-12-9-15-16(21-12)10-14(23-2)11-17(15)24-3/h9-11,13,21H,4-8H2,1-3H3,(H2,19,20). The molecule has 6 nitrogen and oxygen atoms in total. The number of ether oxygens (including phenoxy) is 2. The highest BCUT2D eigenvalue weighted by atomic mass is 16.5. The molecule has 1 fully saturated rings. The molecule has 0 amide bonds.